The lowest BCUT2D eigenvalue weighted by Crippen LogP contribution is -2.45. The van der Waals surface area contributed by atoms with Crippen molar-refractivity contribution in [3.8, 4) is 0 Å². The standard InChI is InChI=1S/C16H22ClFN2O3/c1-22-7-5-20(10-12-2-3-13(18)8-15(12)17)16(21)9-14-11-23-6-4-19-14/h2-3,8,14,19H,4-7,9-11H2,1H3. The van der Waals surface area contributed by atoms with Gasteiger partial charge in [0.15, 0.2) is 0 Å². The third kappa shape index (κ3) is 5.73. The number of ether oxygens (including phenoxy) is 2. The summed E-state index contributed by atoms with van der Waals surface area (Å²) in [6.07, 6.45) is 0.350. The molecule has 0 bridgehead atoms. The average Bonchev–Trinajstić information content (AvgIpc) is 2.54. The Morgan fingerprint density at radius 1 is 1.57 bits per heavy atom. The normalized spacial score (nSPS) is 18.0. The van der Waals surface area contributed by atoms with Crippen molar-refractivity contribution in [2.45, 2.75) is 19.0 Å². The topological polar surface area (TPSA) is 50.8 Å². The number of methoxy groups -OCH3 is 1. The van der Waals surface area contributed by atoms with Crippen LogP contribution in [0.3, 0.4) is 0 Å². The first-order chi connectivity index (χ1) is 11.1. The maximum Gasteiger partial charge on any atom is 0.224 e. The van der Waals surface area contributed by atoms with Gasteiger partial charge in [0.25, 0.3) is 0 Å². The van der Waals surface area contributed by atoms with Gasteiger partial charge in [0.1, 0.15) is 5.82 Å². The zero-order valence-corrected chi connectivity index (χ0v) is 13.9. The van der Waals surface area contributed by atoms with Gasteiger partial charge in [-0.15, -0.1) is 0 Å². The van der Waals surface area contributed by atoms with Crippen molar-refractivity contribution in [3.63, 3.8) is 0 Å². The Kier molecular flexibility index (Phi) is 7.23. The quantitative estimate of drug-likeness (QED) is 0.820. The number of amides is 1. The average molecular weight is 345 g/mol. The van der Waals surface area contributed by atoms with E-state index in [1.807, 2.05) is 0 Å². The third-order valence-electron chi connectivity index (χ3n) is 3.71. The van der Waals surface area contributed by atoms with E-state index in [0.29, 0.717) is 49.9 Å². The summed E-state index contributed by atoms with van der Waals surface area (Å²) in [4.78, 5) is 14.2. The molecule has 1 aromatic carbocycles. The van der Waals surface area contributed by atoms with Crippen molar-refractivity contribution < 1.29 is 18.7 Å². The Morgan fingerprint density at radius 3 is 3.04 bits per heavy atom. The number of hydrogen-bond acceptors (Lipinski definition) is 4. The molecule has 1 aliphatic heterocycles. The Hall–Kier alpha value is -1.21. The van der Waals surface area contributed by atoms with Crippen LogP contribution in [0.5, 0.6) is 0 Å². The van der Waals surface area contributed by atoms with E-state index in [1.54, 1.807) is 18.1 Å². The monoisotopic (exact) mass is 344 g/mol. The summed E-state index contributed by atoms with van der Waals surface area (Å²) in [6, 6.07) is 4.22. The number of carbonyl (C=O) groups excluding carboxylic acids is 1. The van der Waals surface area contributed by atoms with Crippen LogP contribution < -0.4 is 5.32 Å². The molecule has 2 rings (SSSR count). The number of nitrogens with one attached hydrogen (secondary N) is 1. The zero-order chi connectivity index (χ0) is 16.7. The second-order valence-electron chi connectivity index (χ2n) is 5.47. The predicted molar refractivity (Wildman–Crippen MR) is 85.9 cm³/mol. The maximum atomic E-state index is 13.1. The SMILES string of the molecule is COCCN(Cc1ccc(F)cc1Cl)C(=O)CC1COCCN1. The van der Waals surface area contributed by atoms with E-state index in [-0.39, 0.29) is 11.9 Å². The van der Waals surface area contributed by atoms with Gasteiger partial charge < -0.3 is 19.7 Å². The fourth-order valence-corrected chi connectivity index (χ4v) is 2.67. The summed E-state index contributed by atoms with van der Waals surface area (Å²) in [7, 11) is 1.59. The lowest BCUT2D eigenvalue weighted by molar-refractivity contribution is -0.133. The Morgan fingerprint density at radius 2 is 2.39 bits per heavy atom. The van der Waals surface area contributed by atoms with Crippen molar-refractivity contribution in [2.75, 3.05) is 40.0 Å². The molecule has 0 spiro atoms. The van der Waals surface area contributed by atoms with E-state index in [9.17, 15) is 9.18 Å². The number of carbonyl (C=O) groups is 1. The molecule has 1 N–H and O–H groups in total. The summed E-state index contributed by atoms with van der Waals surface area (Å²) in [5.41, 5.74) is 0.713. The fraction of sp³-hybridized carbons (Fsp3) is 0.562. The molecule has 1 fully saturated rings. The highest BCUT2D eigenvalue weighted by molar-refractivity contribution is 6.31. The van der Waals surface area contributed by atoms with Crippen LogP contribution in [-0.2, 0) is 20.8 Å². The van der Waals surface area contributed by atoms with Crippen LogP contribution in [0.2, 0.25) is 5.02 Å². The molecule has 0 aliphatic carbocycles. The molecule has 0 saturated carbocycles. The second-order valence-corrected chi connectivity index (χ2v) is 5.88. The van der Waals surface area contributed by atoms with Crippen LogP contribution in [0.1, 0.15) is 12.0 Å². The van der Waals surface area contributed by atoms with Gasteiger partial charge in [0.2, 0.25) is 5.91 Å². The van der Waals surface area contributed by atoms with Gasteiger partial charge in [-0.25, -0.2) is 4.39 Å². The molecule has 1 unspecified atom stereocenters. The molecule has 1 amide bonds. The number of morpholine rings is 1. The highest BCUT2D eigenvalue weighted by Crippen LogP contribution is 2.19. The molecule has 7 heteroatoms. The van der Waals surface area contributed by atoms with E-state index in [2.05, 4.69) is 5.32 Å². The summed E-state index contributed by atoms with van der Waals surface area (Å²) < 4.78 is 23.6. The van der Waals surface area contributed by atoms with E-state index in [1.165, 1.54) is 12.1 Å². The lowest BCUT2D eigenvalue weighted by atomic mass is 10.1. The van der Waals surface area contributed by atoms with Gasteiger partial charge in [-0.1, -0.05) is 17.7 Å². The van der Waals surface area contributed by atoms with Crippen molar-refractivity contribution in [2.24, 2.45) is 0 Å². The molecule has 0 aromatic heterocycles. The number of benzene rings is 1. The maximum absolute atomic E-state index is 13.1. The first-order valence-corrected chi connectivity index (χ1v) is 7.99. The van der Waals surface area contributed by atoms with Crippen LogP contribution >= 0.6 is 11.6 Å². The predicted octanol–water partition coefficient (Wildman–Crippen LogP) is 1.83. The Labute approximate surface area is 140 Å². The van der Waals surface area contributed by atoms with Gasteiger partial charge >= 0.3 is 0 Å². The largest absolute Gasteiger partial charge is 0.383 e. The summed E-state index contributed by atoms with van der Waals surface area (Å²) in [6.45, 7) is 3.16. The summed E-state index contributed by atoms with van der Waals surface area (Å²) >= 11 is 6.06. The summed E-state index contributed by atoms with van der Waals surface area (Å²) in [5.74, 6) is -0.400. The van der Waals surface area contributed by atoms with Crippen LogP contribution in [-0.4, -0.2) is 56.9 Å². The van der Waals surface area contributed by atoms with Crippen LogP contribution in [0.25, 0.3) is 0 Å². The molecule has 1 heterocycles. The van der Waals surface area contributed by atoms with Crippen LogP contribution in [0.15, 0.2) is 18.2 Å². The van der Waals surface area contributed by atoms with Gasteiger partial charge in [-0.05, 0) is 17.7 Å². The molecule has 23 heavy (non-hydrogen) atoms. The highest BCUT2D eigenvalue weighted by atomic mass is 35.5. The fourth-order valence-electron chi connectivity index (χ4n) is 2.44. The number of rotatable bonds is 7. The molecule has 5 nitrogen and oxygen atoms in total. The van der Waals surface area contributed by atoms with E-state index < -0.39 is 5.82 Å². The van der Waals surface area contributed by atoms with E-state index >= 15 is 0 Å². The van der Waals surface area contributed by atoms with Crippen LogP contribution in [0, 0.1) is 5.82 Å². The van der Waals surface area contributed by atoms with E-state index in [0.717, 1.165) is 6.54 Å². The molecule has 128 valence electrons. The van der Waals surface area contributed by atoms with Gasteiger partial charge in [0, 0.05) is 44.2 Å². The smallest absolute Gasteiger partial charge is 0.224 e. The second kappa shape index (κ2) is 9.17. The van der Waals surface area contributed by atoms with Crippen LogP contribution in [0.4, 0.5) is 4.39 Å². The van der Waals surface area contributed by atoms with Crippen molar-refractivity contribution in [3.05, 3.63) is 34.6 Å². The minimum Gasteiger partial charge on any atom is -0.383 e. The minimum atomic E-state index is -0.392. The van der Waals surface area contributed by atoms with Crippen molar-refractivity contribution in [1.29, 1.82) is 0 Å². The third-order valence-corrected chi connectivity index (χ3v) is 4.07. The Bertz CT molecular complexity index is 524. The molecule has 1 aliphatic rings. The van der Waals surface area contributed by atoms with E-state index in [4.69, 9.17) is 21.1 Å². The highest BCUT2D eigenvalue weighted by Gasteiger charge is 2.21. The lowest BCUT2D eigenvalue weighted by Gasteiger charge is -2.28. The van der Waals surface area contributed by atoms with Gasteiger partial charge in [0.05, 0.1) is 19.8 Å². The van der Waals surface area contributed by atoms with Gasteiger partial charge in [-0.3, -0.25) is 4.79 Å². The first kappa shape index (κ1) is 18.1. The number of hydrogen-bond donors (Lipinski definition) is 1. The molecular weight excluding hydrogens is 323 g/mol. The van der Waals surface area contributed by atoms with Crippen molar-refractivity contribution >= 4 is 17.5 Å². The molecule has 0 radical (unpaired) electrons. The van der Waals surface area contributed by atoms with Crippen molar-refractivity contribution in [1.82, 2.24) is 10.2 Å². The Balaban J connectivity index is 2.01. The van der Waals surface area contributed by atoms with Gasteiger partial charge in [-0.2, -0.15) is 0 Å². The summed E-state index contributed by atoms with van der Waals surface area (Å²) in [5, 5.41) is 3.58. The first-order valence-electron chi connectivity index (χ1n) is 7.62. The molecule has 1 aromatic rings. The number of halogens is 2. The minimum absolute atomic E-state index is 0.00885. The molecule has 1 saturated heterocycles. The molecular formula is C16H22ClFN2O3. The molecule has 1 atom stereocenters. The zero-order valence-electron chi connectivity index (χ0n) is 13.2. The number of nitrogens with zero attached hydrogens (tertiary/aromatic N) is 1.